The fourth-order valence-electron chi connectivity index (χ4n) is 2.21. The highest BCUT2D eigenvalue weighted by Gasteiger charge is 2.49. The van der Waals surface area contributed by atoms with Crippen molar-refractivity contribution in [2.75, 3.05) is 19.8 Å². The van der Waals surface area contributed by atoms with Crippen molar-refractivity contribution >= 4 is 0 Å². The van der Waals surface area contributed by atoms with Crippen molar-refractivity contribution < 1.29 is 14.9 Å². The summed E-state index contributed by atoms with van der Waals surface area (Å²) >= 11 is 0. The molecule has 3 N–H and O–H groups in total. The van der Waals surface area contributed by atoms with Gasteiger partial charge in [0.1, 0.15) is 0 Å². The first kappa shape index (κ1) is 14.9. The second-order valence-corrected chi connectivity index (χ2v) is 6.05. The summed E-state index contributed by atoms with van der Waals surface area (Å²) in [7, 11) is 0. The van der Waals surface area contributed by atoms with Crippen LogP contribution >= 0.6 is 0 Å². The largest absolute Gasteiger partial charge is 0.395 e. The predicted octanol–water partition coefficient (Wildman–Crippen LogP) is 0.769. The summed E-state index contributed by atoms with van der Waals surface area (Å²) in [5.74, 6) is 0.556. The molecule has 1 rings (SSSR count). The molecule has 17 heavy (non-hydrogen) atoms. The van der Waals surface area contributed by atoms with Crippen molar-refractivity contribution in [2.45, 2.75) is 52.3 Å². The van der Waals surface area contributed by atoms with Crippen LogP contribution in [-0.2, 0) is 4.74 Å². The van der Waals surface area contributed by atoms with Gasteiger partial charge in [0.2, 0.25) is 0 Å². The molecule has 0 heterocycles. The maximum Gasteiger partial charge on any atom is 0.0656 e. The Bertz CT molecular complexity index is 227. The van der Waals surface area contributed by atoms with Crippen LogP contribution in [0.25, 0.3) is 0 Å². The monoisotopic (exact) mass is 245 g/mol. The van der Waals surface area contributed by atoms with E-state index in [0.29, 0.717) is 12.0 Å². The van der Waals surface area contributed by atoms with Gasteiger partial charge < -0.3 is 20.3 Å². The zero-order valence-corrected chi connectivity index (χ0v) is 11.4. The SMILES string of the molecule is CC(C)COC1CC(NC(CO)CO)C1(C)C. The molecule has 0 saturated heterocycles. The lowest BCUT2D eigenvalue weighted by atomic mass is 9.64. The summed E-state index contributed by atoms with van der Waals surface area (Å²) in [6.07, 6.45) is 1.23. The average Bonchev–Trinajstić information content (AvgIpc) is 2.27. The van der Waals surface area contributed by atoms with Gasteiger partial charge in [-0.1, -0.05) is 27.7 Å². The number of aliphatic hydroxyl groups is 2. The summed E-state index contributed by atoms with van der Waals surface area (Å²) in [6, 6.07) is 0.0919. The minimum atomic E-state index is -0.217. The van der Waals surface area contributed by atoms with E-state index in [1.54, 1.807) is 0 Å². The maximum atomic E-state index is 9.05. The fraction of sp³-hybridized carbons (Fsp3) is 1.00. The van der Waals surface area contributed by atoms with Gasteiger partial charge in [-0.15, -0.1) is 0 Å². The second kappa shape index (κ2) is 6.14. The van der Waals surface area contributed by atoms with E-state index in [9.17, 15) is 0 Å². The minimum Gasteiger partial charge on any atom is -0.395 e. The number of hydrogen-bond acceptors (Lipinski definition) is 4. The van der Waals surface area contributed by atoms with E-state index in [1.807, 2.05) is 0 Å². The molecule has 0 aromatic rings. The molecule has 0 bridgehead atoms. The summed E-state index contributed by atoms with van der Waals surface area (Å²) in [6.45, 7) is 9.38. The molecule has 2 unspecified atom stereocenters. The van der Waals surface area contributed by atoms with E-state index in [-0.39, 0.29) is 30.8 Å². The highest BCUT2D eigenvalue weighted by molar-refractivity contribution is 5.03. The van der Waals surface area contributed by atoms with Crippen LogP contribution in [0.3, 0.4) is 0 Å². The zero-order chi connectivity index (χ0) is 13.1. The van der Waals surface area contributed by atoms with E-state index in [4.69, 9.17) is 14.9 Å². The summed E-state index contributed by atoms with van der Waals surface area (Å²) in [5, 5.41) is 21.4. The summed E-state index contributed by atoms with van der Waals surface area (Å²) < 4.78 is 5.87. The molecule has 0 radical (unpaired) electrons. The second-order valence-electron chi connectivity index (χ2n) is 6.05. The Hall–Kier alpha value is -0.160. The fourth-order valence-corrected chi connectivity index (χ4v) is 2.21. The number of hydrogen-bond donors (Lipinski definition) is 3. The van der Waals surface area contributed by atoms with Crippen LogP contribution in [0.1, 0.15) is 34.1 Å². The number of aliphatic hydroxyl groups excluding tert-OH is 2. The predicted molar refractivity (Wildman–Crippen MR) is 67.9 cm³/mol. The van der Waals surface area contributed by atoms with Crippen molar-refractivity contribution in [1.29, 1.82) is 0 Å². The molecule has 0 aromatic carbocycles. The topological polar surface area (TPSA) is 61.7 Å². The normalized spacial score (nSPS) is 27.5. The van der Waals surface area contributed by atoms with Crippen LogP contribution in [0.2, 0.25) is 0 Å². The molecule has 1 aliphatic rings. The molecule has 0 aliphatic heterocycles. The molecule has 0 aromatic heterocycles. The standard InChI is InChI=1S/C13H27NO3/c1-9(2)8-17-12-5-11(13(12,3)4)14-10(6-15)7-16/h9-12,14-16H,5-8H2,1-4H3. The Kier molecular flexibility index (Phi) is 5.38. The molecule has 2 atom stereocenters. The third kappa shape index (κ3) is 3.65. The third-order valence-electron chi connectivity index (χ3n) is 3.69. The minimum absolute atomic E-state index is 0.0272. The molecule has 4 heteroatoms. The van der Waals surface area contributed by atoms with Crippen molar-refractivity contribution in [3.05, 3.63) is 0 Å². The molecule has 0 amide bonds. The van der Waals surface area contributed by atoms with Crippen LogP contribution in [0, 0.1) is 11.3 Å². The van der Waals surface area contributed by atoms with Crippen molar-refractivity contribution in [2.24, 2.45) is 11.3 Å². The quantitative estimate of drug-likeness (QED) is 0.620. The molecule has 102 valence electrons. The smallest absolute Gasteiger partial charge is 0.0656 e. The number of ether oxygens (including phenoxy) is 1. The van der Waals surface area contributed by atoms with Gasteiger partial charge in [-0.3, -0.25) is 0 Å². The van der Waals surface area contributed by atoms with E-state index >= 15 is 0 Å². The van der Waals surface area contributed by atoms with Crippen LogP contribution < -0.4 is 5.32 Å². The van der Waals surface area contributed by atoms with Crippen molar-refractivity contribution in [3.63, 3.8) is 0 Å². The van der Waals surface area contributed by atoms with Crippen LogP contribution in [0.4, 0.5) is 0 Å². The Morgan fingerprint density at radius 3 is 2.29 bits per heavy atom. The molecular weight excluding hydrogens is 218 g/mol. The Morgan fingerprint density at radius 2 is 1.88 bits per heavy atom. The zero-order valence-electron chi connectivity index (χ0n) is 11.4. The first-order chi connectivity index (χ1) is 7.91. The van der Waals surface area contributed by atoms with Gasteiger partial charge in [0.15, 0.2) is 0 Å². The van der Waals surface area contributed by atoms with Crippen LogP contribution in [0.5, 0.6) is 0 Å². The van der Waals surface area contributed by atoms with Gasteiger partial charge in [-0.25, -0.2) is 0 Å². The Labute approximate surface area is 104 Å². The van der Waals surface area contributed by atoms with E-state index in [1.165, 1.54) is 0 Å². The highest BCUT2D eigenvalue weighted by atomic mass is 16.5. The van der Waals surface area contributed by atoms with Gasteiger partial charge >= 0.3 is 0 Å². The van der Waals surface area contributed by atoms with E-state index < -0.39 is 0 Å². The van der Waals surface area contributed by atoms with Crippen molar-refractivity contribution in [3.8, 4) is 0 Å². The number of rotatable bonds is 7. The van der Waals surface area contributed by atoms with Gasteiger partial charge in [0, 0.05) is 18.1 Å². The summed E-state index contributed by atoms with van der Waals surface area (Å²) in [5.41, 5.74) is 0.0669. The lowest BCUT2D eigenvalue weighted by molar-refractivity contribution is -0.127. The van der Waals surface area contributed by atoms with Gasteiger partial charge in [-0.05, 0) is 12.3 Å². The molecule has 4 nitrogen and oxygen atoms in total. The maximum absolute atomic E-state index is 9.05. The Morgan fingerprint density at radius 1 is 1.29 bits per heavy atom. The van der Waals surface area contributed by atoms with E-state index in [0.717, 1.165) is 13.0 Å². The van der Waals surface area contributed by atoms with Crippen molar-refractivity contribution in [1.82, 2.24) is 5.32 Å². The molecule has 1 fully saturated rings. The molecule has 1 saturated carbocycles. The molecule has 1 aliphatic carbocycles. The van der Waals surface area contributed by atoms with Crippen LogP contribution in [-0.4, -0.2) is 48.2 Å². The Balaban J connectivity index is 2.38. The van der Waals surface area contributed by atoms with Crippen LogP contribution in [0.15, 0.2) is 0 Å². The van der Waals surface area contributed by atoms with Gasteiger partial charge in [0.05, 0.1) is 25.4 Å². The summed E-state index contributed by atoms with van der Waals surface area (Å²) in [4.78, 5) is 0. The molecular formula is C13H27NO3. The molecule has 0 spiro atoms. The van der Waals surface area contributed by atoms with Gasteiger partial charge in [-0.2, -0.15) is 0 Å². The first-order valence-corrected chi connectivity index (χ1v) is 6.51. The van der Waals surface area contributed by atoms with Gasteiger partial charge in [0.25, 0.3) is 0 Å². The van der Waals surface area contributed by atoms with E-state index in [2.05, 4.69) is 33.0 Å². The average molecular weight is 245 g/mol. The lowest BCUT2D eigenvalue weighted by Gasteiger charge is -2.53. The third-order valence-corrected chi connectivity index (χ3v) is 3.69. The highest BCUT2D eigenvalue weighted by Crippen LogP contribution is 2.43. The first-order valence-electron chi connectivity index (χ1n) is 6.51. The lowest BCUT2D eigenvalue weighted by Crippen LogP contribution is -2.63. The number of nitrogens with one attached hydrogen (secondary N) is 1.